The summed E-state index contributed by atoms with van der Waals surface area (Å²) in [6.45, 7) is 0.722. The van der Waals surface area contributed by atoms with Crippen molar-refractivity contribution in [1.29, 1.82) is 0 Å². The summed E-state index contributed by atoms with van der Waals surface area (Å²) < 4.78 is 30.4. The zero-order chi connectivity index (χ0) is 20.5. The number of hydrogen-bond acceptors (Lipinski definition) is 7. The van der Waals surface area contributed by atoms with Gasteiger partial charge >= 0.3 is 0 Å². The lowest BCUT2D eigenvalue weighted by molar-refractivity contribution is 0.0646. The maximum atomic E-state index is 13.5. The molecule has 2 N–H and O–H groups in total. The summed E-state index contributed by atoms with van der Waals surface area (Å²) in [4.78, 5) is 21.0. The Kier molecular flexibility index (Phi) is 4.89. The Hall–Kier alpha value is -3.30. The van der Waals surface area contributed by atoms with E-state index in [1.54, 1.807) is 36.5 Å². The molecule has 5 rings (SSSR count). The fraction of sp³-hybridized carbons (Fsp3) is 0.286. The molecular weight excluding hydrogens is 391 g/mol. The van der Waals surface area contributed by atoms with Gasteiger partial charge in [0.25, 0.3) is 5.91 Å². The summed E-state index contributed by atoms with van der Waals surface area (Å²) in [7, 11) is 0. The van der Waals surface area contributed by atoms with Crippen LogP contribution in [-0.4, -0.2) is 53.4 Å². The Balaban J connectivity index is 1.25. The van der Waals surface area contributed by atoms with Gasteiger partial charge in [-0.25, -0.2) is 14.4 Å². The number of amides is 1. The molecule has 4 heterocycles. The zero-order valence-electron chi connectivity index (χ0n) is 15.8. The van der Waals surface area contributed by atoms with E-state index in [0.29, 0.717) is 30.4 Å². The van der Waals surface area contributed by atoms with Gasteiger partial charge in [0.15, 0.2) is 5.76 Å². The molecule has 4 atom stereocenters. The van der Waals surface area contributed by atoms with Gasteiger partial charge in [-0.05, 0) is 30.3 Å². The minimum Gasteiger partial charge on any atom is -0.459 e. The molecule has 0 aliphatic carbocycles. The predicted molar refractivity (Wildman–Crippen MR) is 104 cm³/mol. The lowest BCUT2D eigenvalue weighted by Crippen LogP contribution is -2.44. The summed E-state index contributed by atoms with van der Waals surface area (Å²) in [6.07, 6.45) is 2.53. The Morgan fingerprint density at radius 1 is 1.07 bits per heavy atom. The second kappa shape index (κ2) is 7.85. The lowest BCUT2D eigenvalue weighted by Gasteiger charge is -2.18. The number of nitrogens with zero attached hydrogens (tertiary/aromatic N) is 2. The molecule has 2 fully saturated rings. The van der Waals surface area contributed by atoms with Crippen LogP contribution in [-0.2, 0) is 9.47 Å². The maximum absolute atomic E-state index is 13.5. The van der Waals surface area contributed by atoms with Crippen LogP contribution in [0.25, 0.3) is 11.3 Å². The summed E-state index contributed by atoms with van der Waals surface area (Å²) in [6, 6.07) is 10.8. The highest BCUT2D eigenvalue weighted by Gasteiger charge is 2.48. The molecule has 0 spiro atoms. The number of benzene rings is 1. The largest absolute Gasteiger partial charge is 0.459 e. The highest BCUT2D eigenvalue weighted by Crippen LogP contribution is 2.29. The van der Waals surface area contributed by atoms with E-state index in [0.717, 1.165) is 0 Å². The van der Waals surface area contributed by atoms with Gasteiger partial charge < -0.3 is 24.5 Å². The Bertz CT molecular complexity index is 1050. The highest BCUT2D eigenvalue weighted by molar-refractivity contribution is 5.91. The average Bonchev–Trinajstić information content (AvgIpc) is 3.49. The Morgan fingerprint density at radius 3 is 2.70 bits per heavy atom. The highest BCUT2D eigenvalue weighted by atomic mass is 19.1. The number of carbonyl (C=O) groups is 1. The molecule has 1 aromatic carbocycles. The quantitative estimate of drug-likeness (QED) is 0.666. The fourth-order valence-electron chi connectivity index (χ4n) is 3.80. The van der Waals surface area contributed by atoms with Crippen molar-refractivity contribution in [2.24, 2.45) is 0 Å². The van der Waals surface area contributed by atoms with E-state index in [1.807, 2.05) is 0 Å². The number of rotatable bonds is 5. The van der Waals surface area contributed by atoms with Gasteiger partial charge in [0, 0.05) is 11.8 Å². The monoisotopic (exact) mass is 410 g/mol. The van der Waals surface area contributed by atoms with Gasteiger partial charge in [-0.1, -0.05) is 12.1 Å². The second-order valence-electron chi connectivity index (χ2n) is 7.18. The topological polar surface area (TPSA) is 98.5 Å². The molecule has 2 aliphatic heterocycles. The fourth-order valence-corrected chi connectivity index (χ4v) is 3.80. The summed E-state index contributed by atoms with van der Waals surface area (Å²) in [5.41, 5.74) is 1.28. The number of carbonyl (C=O) groups excluding carboxylic acids is 1. The minimum atomic E-state index is -0.324. The standard InChI is InChI=1S/C21H19FN4O4/c22-13-4-1-3-12(9-13)14-6-7-23-21(25-14)26-16-11-30-18-15(10-29-19(16)18)24-20(27)17-5-2-8-28-17/h1-9,15-16,18-19H,10-11H2,(H,24,27)(H,23,25,26). The van der Waals surface area contributed by atoms with Gasteiger partial charge in [-0.2, -0.15) is 0 Å². The molecule has 2 aromatic heterocycles. The van der Waals surface area contributed by atoms with Crippen molar-refractivity contribution in [2.45, 2.75) is 24.3 Å². The number of anilines is 1. The first-order valence-electron chi connectivity index (χ1n) is 9.60. The van der Waals surface area contributed by atoms with Crippen molar-refractivity contribution in [2.75, 3.05) is 18.5 Å². The van der Waals surface area contributed by atoms with E-state index in [9.17, 15) is 9.18 Å². The first-order chi connectivity index (χ1) is 14.7. The SMILES string of the molecule is O=C(NC1COC2C(Nc3nccc(-c4cccc(F)c4)n3)COC12)c1ccco1. The number of aromatic nitrogens is 2. The molecule has 154 valence electrons. The Morgan fingerprint density at radius 2 is 1.90 bits per heavy atom. The van der Waals surface area contributed by atoms with Crippen LogP contribution in [0.3, 0.4) is 0 Å². The van der Waals surface area contributed by atoms with Crippen LogP contribution in [0, 0.1) is 5.82 Å². The zero-order valence-corrected chi connectivity index (χ0v) is 15.8. The van der Waals surface area contributed by atoms with Gasteiger partial charge in [-0.3, -0.25) is 4.79 Å². The van der Waals surface area contributed by atoms with Crippen molar-refractivity contribution < 1.29 is 23.1 Å². The van der Waals surface area contributed by atoms with Crippen LogP contribution in [0.4, 0.5) is 10.3 Å². The minimum absolute atomic E-state index is 0.178. The lowest BCUT2D eigenvalue weighted by atomic mass is 10.1. The molecule has 8 nitrogen and oxygen atoms in total. The van der Waals surface area contributed by atoms with E-state index in [4.69, 9.17) is 13.9 Å². The molecule has 2 aliphatic rings. The van der Waals surface area contributed by atoms with Crippen LogP contribution < -0.4 is 10.6 Å². The van der Waals surface area contributed by atoms with Crippen molar-refractivity contribution >= 4 is 11.9 Å². The number of fused-ring (bicyclic) bond motifs is 1. The van der Waals surface area contributed by atoms with Crippen molar-refractivity contribution in [3.63, 3.8) is 0 Å². The number of halogens is 1. The molecular formula is C21H19FN4O4. The first-order valence-corrected chi connectivity index (χ1v) is 9.60. The number of ether oxygens (including phenoxy) is 2. The van der Waals surface area contributed by atoms with E-state index >= 15 is 0 Å². The molecule has 9 heteroatoms. The smallest absolute Gasteiger partial charge is 0.287 e. The molecule has 2 saturated heterocycles. The van der Waals surface area contributed by atoms with Gasteiger partial charge in [0.2, 0.25) is 5.95 Å². The van der Waals surface area contributed by atoms with Crippen LogP contribution in [0.1, 0.15) is 10.6 Å². The maximum Gasteiger partial charge on any atom is 0.287 e. The van der Waals surface area contributed by atoms with Crippen LogP contribution in [0.5, 0.6) is 0 Å². The predicted octanol–water partition coefficient (Wildman–Crippen LogP) is 2.25. The summed E-state index contributed by atoms with van der Waals surface area (Å²) in [5, 5.41) is 6.14. The normalized spacial score (nSPS) is 25.1. The molecule has 0 radical (unpaired) electrons. The van der Waals surface area contributed by atoms with E-state index in [2.05, 4.69) is 20.6 Å². The third-order valence-corrected chi connectivity index (χ3v) is 5.21. The van der Waals surface area contributed by atoms with Crippen LogP contribution >= 0.6 is 0 Å². The molecule has 3 aromatic rings. The van der Waals surface area contributed by atoms with Gasteiger partial charge in [0.05, 0.1) is 37.3 Å². The van der Waals surface area contributed by atoms with E-state index in [1.165, 1.54) is 18.4 Å². The van der Waals surface area contributed by atoms with E-state index in [-0.39, 0.29) is 41.8 Å². The number of nitrogens with one attached hydrogen (secondary N) is 2. The molecule has 0 bridgehead atoms. The summed E-state index contributed by atoms with van der Waals surface area (Å²) in [5.74, 6) is 0.0152. The third kappa shape index (κ3) is 3.64. The van der Waals surface area contributed by atoms with Crippen LogP contribution in [0.15, 0.2) is 59.3 Å². The molecule has 1 amide bonds. The number of hydrogen-bond donors (Lipinski definition) is 2. The van der Waals surface area contributed by atoms with Gasteiger partial charge in [0.1, 0.15) is 18.0 Å². The van der Waals surface area contributed by atoms with Crippen molar-refractivity contribution in [1.82, 2.24) is 15.3 Å². The summed E-state index contributed by atoms with van der Waals surface area (Å²) >= 11 is 0. The second-order valence-corrected chi connectivity index (χ2v) is 7.18. The molecule has 0 saturated carbocycles. The van der Waals surface area contributed by atoms with Crippen molar-refractivity contribution in [3.05, 3.63) is 66.5 Å². The van der Waals surface area contributed by atoms with E-state index < -0.39 is 0 Å². The first kappa shape index (κ1) is 18.7. The van der Waals surface area contributed by atoms with Crippen molar-refractivity contribution in [3.8, 4) is 11.3 Å². The Labute approximate surface area is 171 Å². The molecule has 30 heavy (non-hydrogen) atoms. The third-order valence-electron chi connectivity index (χ3n) is 5.21. The molecule has 4 unspecified atom stereocenters. The number of furan rings is 1. The van der Waals surface area contributed by atoms with Crippen LogP contribution in [0.2, 0.25) is 0 Å². The average molecular weight is 410 g/mol. The van der Waals surface area contributed by atoms with Gasteiger partial charge in [-0.15, -0.1) is 0 Å².